The largest absolute Gasteiger partial charge is 0.311 e. The van der Waals surface area contributed by atoms with Gasteiger partial charge >= 0.3 is 0 Å². The zero-order valence-corrected chi connectivity index (χ0v) is 11.8. The predicted octanol–water partition coefficient (Wildman–Crippen LogP) is 2.29. The topological polar surface area (TPSA) is 28.2 Å². The van der Waals surface area contributed by atoms with Crippen LogP contribution in [0.2, 0.25) is 0 Å². The fourth-order valence-electron chi connectivity index (χ4n) is 2.53. The molecule has 3 nitrogen and oxygen atoms in total. The van der Waals surface area contributed by atoms with E-state index < -0.39 is 0 Å². The van der Waals surface area contributed by atoms with Crippen molar-refractivity contribution in [1.29, 1.82) is 0 Å². The standard InChI is InChI=1S/C15H25N3/c1-4-12(2)15-11-18(13(3)9-17-15)10-14-7-5-6-8-16-14/h5-8,12-13,15,17H,4,9-11H2,1-3H3. The van der Waals surface area contributed by atoms with Gasteiger partial charge < -0.3 is 5.32 Å². The summed E-state index contributed by atoms with van der Waals surface area (Å²) in [6.07, 6.45) is 3.12. The quantitative estimate of drug-likeness (QED) is 0.885. The van der Waals surface area contributed by atoms with Gasteiger partial charge in [-0.05, 0) is 25.0 Å². The SMILES string of the molecule is CCC(C)C1CN(Cc2ccccn2)C(C)CN1. The molecule has 1 aliphatic rings. The fraction of sp³-hybridized carbons (Fsp3) is 0.667. The van der Waals surface area contributed by atoms with Crippen LogP contribution >= 0.6 is 0 Å². The Morgan fingerprint density at radius 3 is 3.00 bits per heavy atom. The van der Waals surface area contributed by atoms with E-state index in [1.807, 2.05) is 12.3 Å². The normalized spacial score (nSPS) is 27.1. The Hall–Kier alpha value is -0.930. The summed E-state index contributed by atoms with van der Waals surface area (Å²) in [6.45, 7) is 10.1. The van der Waals surface area contributed by atoms with Crippen molar-refractivity contribution in [1.82, 2.24) is 15.2 Å². The summed E-state index contributed by atoms with van der Waals surface area (Å²) in [5, 5.41) is 3.67. The van der Waals surface area contributed by atoms with Crippen molar-refractivity contribution < 1.29 is 0 Å². The molecule has 0 bridgehead atoms. The highest BCUT2D eigenvalue weighted by molar-refractivity contribution is 5.04. The maximum absolute atomic E-state index is 4.44. The van der Waals surface area contributed by atoms with Crippen LogP contribution in [-0.4, -0.2) is 35.1 Å². The van der Waals surface area contributed by atoms with Crippen LogP contribution in [0.4, 0.5) is 0 Å². The van der Waals surface area contributed by atoms with Gasteiger partial charge in [0.2, 0.25) is 0 Å². The van der Waals surface area contributed by atoms with Crippen molar-refractivity contribution in [3.8, 4) is 0 Å². The molecule has 0 aliphatic carbocycles. The molecule has 3 heteroatoms. The Kier molecular flexibility index (Phi) is 4.72. The Labute approximate surface area is 111 Å². The molecule has 1 aliphatic heterocycles. The monoisotopic (exact) mass is 247 g/mol. The van der Waals surface area contributed by atoms with Crippen LogP contribution in [0, 0.1) is 5.92 Å². The van der Waals surface area contributed by atoms with Gasteiger partial charge in [0.05, 0.1) is 5.69 Å². The molecular weight excluding hydrogens is 222 g/mol. The lowest BCUT2D eigenvalue weighted by molar-refractivity contribution is 0.110. The number of hydrogen-bond acceptors (Lipinski definition) is 3. The zero-order valence-electron chi connectivity index (χ0n) is 11.8. The molecule has 3 atom stereocenters. The second kappa shape index (κ2) is 6.30. The molecule has 1 N–H and O–H groups in total. The Bertz CT molecular complexity index is 352. The molecule has 0 aromatic carbocycles. The van der Waals surface area contributed by atoms with Gasteiger partial charge in [0, 0.05) is 37.9 Å². The summed E-state index contributed by atoms with van der Waals surface area (Å²) in [6, 6.07) is 7.38. The van der Waals surface area contributed by atoms with Crippen molar-refractivity contribution in [2.45, 2.75) is 45.8 Å². The van der Waals surface area contributed by atoms with Gasteiger partial charge in [-0.25, -0.2) is 0 Å². The van der Waals surface area contributed by atoms with Crippen molar-refractivity contribution in [3.05, 3.63) is 30.1 Å². The summed E-state index contributed by atoms with van der Waals surface area (Å²) in [5.41, 5.74) is 1.18. The Balaban J connectivity index is 1.97. The van der Waals surface area contributed by atoms with Crippen LogP contribution in [0.1, 0.15) is 32.9 Å². The molecular formula is C15H25N3. The zero-order chi connectivity index (χ0) is 13.0. The van der Waals surface area contributed by atoms with E-state index in [0.717, 1.165) is 25.6 Å². The van der Waals surface area contributed by atoms with Crippen LogP contribution in [-0.2, 0) is 6.54 Å². The van der Waals surface area contributed by atoms with Crippen molar-refractivity contribution >= 4 is 0 Å². The second-order valence-corrected chi connectivity index (χ2v) is 5.50. The first-order valence-corrected chi connectivity index (χ1v) is 7.08. The summed E-state index contributed by atoms with van der Waals surface area (Å²) in [4.78, 5) is 6.99. The number of piperazine rings is 1. The lowest BCUT2D eigenvalue weighted by Gasteiger charge is -2.40. The minimum absolute atomic E-state index is 0.590. The van der Waals surface area contributed by atoms with Gasteiger partial charge in [-0.3, -0.25) is 9.88 Å². The highest BCUT2D eigenvalue weighted by atomic mass is 15.2. The third-order valence-corrected chi connectivity index (χ3v) is 4.15. The number of hydrogen-bond donors (Lipinski definition) is 1. The average molecular weight is 247 g/mol. The highest BCUT2D eigenvalue weighted by Crippen LogP contribution is 2.17. The molecule has 0 radical (unpaired) electrons. The van der Waals surface area contributed by atoms with Crippen molar-refractivity contribution in [2.75, 3.05) is 13.1 Å². The van der Waals surface area contributed by atoms with Crippen molar-refractivity contribution in [3.63, 3.8) is 0 Å². The Morgan fingerprint density at radius 2 is 2.33 bits per heavy atom. The molecule has 3 unspecified atom stereocenters. The number of nitrogens with one attached hydrogen (secondary N) is 1. The highest BCUT2D eigenvalue weighted by Gasteiger charge is 2.27. The van der Waals surface area contributed by atoms with Crippen LogP contribution in [0.5, 0.6) is 0 Å². The molecule has 0 amide bonds. The van der Waals surface area contributed by atoms with E-state index in [-0.39, 0.29) is 0 Å². The van der Waals surface area contributed by atoms with Gasteiger partial charge in [-0.2, -0.15) is 0 Å². The van der Waals surface area contributed by atoms with Gasteiger partial charge in [0.25, 0.3) is 0 Å². The second-order valence-electron chi connectivity index (χ2n) is 5.50. The lowest BCUT2D eigenvalue weighted by atomic mass is 9.95. The van der Waals surface area contributed by atoms with Gasteiger partial charge in [-0.1, -0.05) is 26.3 Å². The molecule has 2 rings (SSSR count). The maximum Gasteiger partial charge on any atom is 0.0544 e. The first-order valence-electron chi connectivity index (χ1n) is 7.08. The van der Waals surface area contributed by atoms with Crippen LogP contribution in [0.3, 0.4) is 0 Å². The number of pyridine rings is 1. The first kappa shape index (κ1) is 13.5. The first-order chi connectivity index (χ1) is 8.70. The van der Waals surface area contributed by atoms with E-state index in [1.165, 1.54) is 12.1 Å². The number of aromatic nitrogens is 1. The lowest BCUT2D eigenvalue weighted by Crippen LogP contribution is -2.56. The molecule has 1 fully saturated rings. The van der Waals surface area contributed by atoms with E-state index in [4.69, 9.17) is 0 Å². The van der Waals surface area contributed by atoms with E-state index in [2.05, 4.69) is 48.1 Å². The molecule has 0 saturated carbocycles. The molecule has 0 spiro atoms. The molecule has 100 valence electrons. The molecule has 1 saturated heterocycles. The molecule has 18 heavy (non-hydrogen) atoms. The third kappa shape index (κ3) is 3.30. The summed E-state index contributed by atoms with van der Waals surface area (Å²) >= 11 is 0. The Morgan fingerprint density at radius 1 is 1.50 bits per heavy atom. The van der Waals surface area contributed by atoms with E-state index in [9.17, 15) is 0 Å². The summed E-state index contributed by atoms with van der Waals surface area (Å²) < 4.78 is 0. The summed E-state index contributed by atoms with van der Waals surface area (Å²) in [7, 11) is 0. The molecule has 1 aromatic rings. The van der Waals surface area contributed by atoms with Gasteiger partial charge in [-0.15, -0.1) is 0 Å². The smallest absolute Gasteiger partial charge is 0.0544 e. The van der Waals surface area contributed by atoms with E-state index >= 15 is 0 Å². The molecule has 2 heterocycles. The maximum atomic E-state index is 4.44. The van der Waals surface area contributed by atoms with E-state index in [0.29, 0.717) is 12.1 Å². The fourth-order valence-corrected chi connectivity index (χ4v) is 2.53. The minimum atomic E-state index is 0.590. The average Bonchev–Trinajstić information content (AvgIpc) is 2.41. The van der Waals surface area contributed by atoms with Crippen LogP contribution in [0.15, 0.2) is 24.4 Å². The van der Waals surface area contributed by atoms with Gasteiger partial charge in [0.1, 0.15) is 0 Å². The number of rotatable bonds is 4. The van der Waals surface area contributed by atoms with Gasteiger partial charge in [0.15, 0.2) is 0 Å². The number of nitrogens with zero attached hydrogens (tertiary/aromatic N) is 2. The predicted molar refractivity (Wildman–Crippen MR) is 75.4 cm³/mol. The minimum Gasteiger partial charge on any atom is -0.311 e. The van der Waals surface area contributed by atoms with Crippen molar-refractivity contribution in [2.24, 2.45) is 5.92 Å². The summed E-state index contributed by atoms with van der Waals surface area (Å²) in [5.74, 6) is 0.740. The third-order valence-electron chi connectivity index (χ3n) is 4.15. The van der Waals surface area contributed by atoms with Crippen LogP contribution in [0.25, 0.3) is 0 Å². The van der Waals surface area contributed by atoms with E-state index in [1.54, 1.807) is 0 Å². The molecule has 1 aromatic heterocycles. The van der Waals surface area contributed by atoms with Crippen LogP contribution < -0.4 is 5.32 Å².